The van der Waals surface area contributed by atoms with Gasteiger partial charge in [-0.1, -0.05) is 0 Å². The van der Waals surface area contributed by atoms with Crippen molar-refractivity contribution in [1.29, 1.82) is 0 Å². The molecule has 1 amide bonds. The Kier molecular flexibility index (Phi) is 6.32. The van der Waals surface area contributed by atoms with Gasteiger partial charge in [0, 0.05) is 0 Å². The summed E-state index contributed by atoms with van der Waals surface area (Å²) in [5.74, 6) is 0.00421. The summed E-state index contributed by atoms with van der Waals surface area (Å²) in [6.45, 7) is -0.576. The van der Waals surface area contributed by atoms with Gasteiger partial charge in [0.1, 0.15) is 0 Å². The molecule has 3 heterocycles. The van der Waals surface area contributed by atoms with Gasteiger partial charge in [-0.15, -0.1) is 0 Å². The predicted octanol–water partition coefficient (Wildman–Crippen LogP) is -0.00830. The number of halogens is 5. The van der Waals surface area contributed by atoms with E-state index >= 15 is 0 Å². The normalized spacial score (nSPS) is 15.3. The molecule has 2 aromatic heterocycles. The molecule has 1 N–H and O–H groups in total. The fourth-order valence-corrected chi connectivity index (χ4v) is 5.61. The van der Waals surface area contributed by atoms with Crippen molar-refractivity contribution in [2.75, 3.05) is 23.0 Å². The molecule has 0 unspecified atom stereocenters. The second-order valence-corrected chi connectivity index (χ2v) is 11.1. The minimum atomic E-state index is -4.44. The first-order valence-corrected chi connectivity index (χ1v) is 13.0. The Morgan fingerprint density at radius 2 is 2.06 bits per heavy atom. The van der Waals surface area contributed by atoms with Gasteiger partial charge < -0.3 is 4.90 Å². The molecule has 0 aliphatic carbocycles. The predicted molar refractivity (Wildman–Crippen MR) is 109 cm³/mol. The van der Waals surface area contributed by atoms with E-state index in [4.69, 9.17) is 11.6 Å². The van der Waals surface area contributed by atoms with E-state index in [1.54, 1.807) is 12.1 Å². The molecule has 31 heavy (non-hydrogen) atoms. The fourth-order valence-electron chi connectivity index (χ4n) is 3.63. The molecular formula is C20H21ClF3IN5O-. The van der Waals surface area contributed by atoms with E-state index in [0.717, 1.165) is 19.0 Å². The van der Waals surface area contributed by atoms with E-state index in [1.165, 1.54) is 0 Å². The number of aromatic nitrogens is 3. The Balaban J connectivity index is 1.81. The van der Waals surface area contributed by atoms with Crippen LogP contribution in [0.5, 0.6) is 0 Å². The number of carbonyl (C=O) groups excluding carboxylic acids is 1. The van der Waals surface area contributed by atoms with Gasteiger partial charge in [0.05, 0.1) is 0 Å². The molecule has 168 valence electrons. The van der Waals surface area contributed by atoms with Crippen molar-refractivity contribution in [2.45, 2.75) is 31.7 Å². The minimum Gasteiger partial charge on any atom is -0.169 e. The number of hydrogen-bond donors (Lipinski definition) is 1. The van der Waals surface area contributed by atoms with Crippen LogP contribution in [0.2, 0.25) is 5.15 Å². The van der Waals surface area contributed by atoms with Crippen LogP contribution >= 0.6 is 11.6 Å². The van der Waals surface area contributed by atoms with Crippen molar-refractivity contribution in [1.82, 2.24) is 24.8 Å². The van der Waals surface area contributed by atoms with Crippen LogP contribution in [0.25, 0.3) is 21.9 Å². The maximum atomic E-state index is 13.3. The first-order chi connectivity index (χ1) is 14.6. The quantitative estimate of drug-likeness (QED) is 0.259. The number of hydrogen-bond acceptors (Lipinski definition) is 4. The van der Waals surface area contributed by atoms with Crippen LogP contribution in [-0.4, -0.2) is 60.5 Å². The topological polar surface area (TPSA) is 63.1 Å². The van der Waals surface area contributed by atoms with Gasteiger partial charge in [0.15, 0.2) is 0 Å². The number of nitrogens with zero attached hydrogens (tertiary/aromatic N) is 4. The molecule has 1 aliphatic rings. The third-order valence-corrected chi connectivity index (χ3v) is 8.51. The Hall–Kier alpha value is -1.66. The number of amides is 1. The van der Waals surface area contributed by atoms with Crippen LogP contribution in [0.15, 0.2) is 18.2 Å². The molecule has 0 radical (unpaired) electrons. The van der Waals surface area contributed by atoms with Crippen LogP contribution in [0.4, 0.5) is 13.2 Å². The number of benzene rings is 1. The van der Waals surface area contributed by atoms with Gasteiger partial charge in [0.25, 0.3) is 0 Å². The Morgan fingerprint density at radius 3 is 2.68 bits per heavy atom. The first-order valence-electron chi connectivity index (χ1n) is 9.62. The summed E-state index contributed by atoms with van der Waals surface area (Å²) in [6.07, 6.45) is -4.50. The number of nitrogens with one attached hydrogen (secondary N) is 1. The van der Waals surface area contributed by atoms with E-state index in [9.17, 15) is 18.0 Å². The van der Waals surface area contributed by atoms with Crippen LogP contribution in [0.1, 0.15) is 11.4 Å². The van der Waals surface area contributed by atoms with Gasteiger partial charge in [-0.25, -0.2) is 0 Å². The van der Waals surface area contributed by atoms with Crippen LogP contribution in [0, 0.1) is 0 Å². The van der Waals surface area contributed by atoms with Crippen molar-refractivity contribution >= 4 is 39.4 Å². The molecule has 1 aliphatic heterocycles. The zero-order valence-corrected chi connectivity index (χ0v) is 19.8. The first kappa shape index (κ1) is 22.5. The molecule has 1 fully saturated rings. The summed E-state index contributed by atoms with van der Waals surface area (Å²) in [5.41, 5.74) is 1.78. The number of fused-ring (bicyclic) bond motifs is 3. The molecule has 0 atom stereocenters. The summed E-state index contributed by atoms with van der Waals surface area (Å²) in [7, 11) is 3.83. The number of carbonyl (C=O) groups is 1. The Bertz CT molecular complexity index is 1140. The average Bonchev–Trinajstić information content (AvgIpc) is 2.90. The molecule has 4 rings (SSSR count). The number of alkyl halides is 5. The van der Waals surface area contributed by atoms with Gasteiger partial charge in [0.2, 0.25) is 0 Å². The molecule has 0 spiro atoms. The van der Waals surface area contributed by atoms with Crippen LogP contribution < -0.4 is 26.5 Å². The molecular weight excluding hydrogens is 546 g/mol. The van der Waals surface area contributed by atoms with Gasteiger partial charge in [-0.3, -0.25) is 0 Å². The molecule has 1 aromatic carbocycles. The maximum absolute atomic E-state index is 13.3. The fraction of sp³-hybridized carbons (Fsp3) is 0.450. The second-order valence-electron chi connectivity index (χ2n) is 7.86. The molecule has 0 bridgehead atoms. The van der Waals surface area contributed by atoms with E-state index in [0.29, 0.717) is 23.0 Å². The summed E-state index contributed by atoms with van der Waals surface area (Å²) in [6, 6.07) is 5.51. The molecule has 0 saturated carbocycles. The van der Waals surface area contributed by atoms with Crippen molar-refractivity contribution in [3.63, 3.8) is 0 Å². The van der Waals surface area contributed by atoms with Crippen LogP contribution in [0.3, 0.4) is 0 Å². The number of rotatable bonds is 6. The van der Waals surface area contributed by atoms with Crippen molar-refractivity contribution in [3.8, 4) is 0 Å². The summed E-state index contributed by atoms with van der Waals surface area (Å²) >= 11 is 6.57. The van der Waals surface area contributed by atoms with Crippen molar-refractivity contribution in [3.05, 3.63) is 34.7 Å². The van der Waals surface area contributed by atoms with Gasteiger partial charge in [-0.05, 0) is 14.1 Å². The Labute approximate surface area is 192 Å². The average molecular weight is 567 g/mol. The molecule has 11 heteroatoms. The van der Waals surface area contributed by atoms with Crippen LogP contribution in [-0.2, 0) is 24.3 Å². The van der Waals surface area contributed by atoms with E-state index < -0.39 is 12.7 Å². The second kappa shape index (κ2) is 8.70. The smallest absolute Gasteiger partial charge is 0.169 e. The van der Waals surface area contributed by atoms with E-state index in [2.05, 4.69) is 15.3 Å². The standard InChI is InChI=1S/C20H21ClF3IN5O/c1-29(2)9-11-3-4-14-13(5-11)17-18(30(14)10-20(22,23)24)19(21)28-15(27-17)6-16(31)26-12-7-25-8-12/h3-5,12H,6-10H2,1-2H3,(H,26,31)/q-1. The van der Waals surface area contributed by atoms with Gasteiger partial charge in [-0.2, -0.15) is 13.2 Å². The monoisotopic (exact) mass is 566 g/mol. The van der Waals surface area contributed by atoms with E-state index in [1.807, 2.05) is 25.1 Å². The van der Waals surface area contributed by atoms with Crippen molar-refractivity contribution < 1.29 is 39.2 Å². The zero-order valence-electron chi connectivity index (χ0n) is 16.9. The summed E-state index contributed by atoms with van der Waals surface area (Å²) < 4.78 is 43.1. The zero-order chi connectivity index (χ0) is 22.3. The molecule has 1 saturated heterocycles. The summed E-state index contributed by atoms with van der Waals surface area (Å²) in [4.78, 5) is 22.9. The Morgan fingerprint density at radius 1 is 1.32 bits per heavy atom. The SMILES string of the molecule is CN(C)Cc1ccc2c(c1)c1nc(CC(=O)NC3C[I-]C3)nc(Cl)c1n2CC(F)(F)F. The van der Waals surface area contributed by atoms with Gasteiger partial charge >= 0.3 is 161 Å². The summed E-state index contributed by atoms with van der Waals surface area (Å²) in [5, 5.41) is 3.42. The molecule has 3 aromatic rings. The third-order valence-electron chi connectivity index (χ3n) is 4.88. The molecule has 6 nitrogen and oxygen atoms in total. The van der Waals surface area contributed by atoms with E-state index in [-0.39, 0.29) is 56.1 Å². The third kappa shape index (κ3) is 5.06. The minimum absolute atomic E-state index is 0.0617. The van der Waals surface area contributed by atoms with Crippen molar-refractivity contribution in [2.24, 2.45) is 0 Å².